The van der Waals surface area contributed by atoms with Crippen LogP contribution in [0.4, 0.5) is 11.4 Å². The van der Waals surface area contributed by atoms with Crippen LogP contribution in [0.3, 0.4) is 0 Å². The van der Waals surface area contributed by atoms with E-state index in [2.05, 4.69) is 22.2 Å². The molecule has 4 nitrogen and oxygen atoms in total. The van der Waals surface area contributed by atoms with Crippen molar-refractivity contribution in [3.8, 4) is 11.5 Å². The van der Waals surface area contributed by atoms with Gasteiger partial charge in [-0.05, 0) is 50.5 Å². The predicted molar refractivity (Wildman–Crippen MR) is 89.1 cm³/mol. The maximum Gasteiger partial charge on any atom is 0.151 e. The topological polar surface area (TPSA) is 41.9 Å². The predicted octanol–water partition coefficient (Wildman–Crippen LogP) is 5.26. The lowest BCUT2D eigenvalue weighted by molar-refractivity contribution is 0.471. The van der Waals surface area contributed by atoms with Gasteiger partial charge in [0, 0.05) is 6.54 Å². The molecule has 0 saturated carbocycles. The Morgan fingerprint density at radius 2 is 1.59 bits per heavy atom. The van der Waals surface area contributed by atoms with Gasteiger partial charge in [0.05, 0.1) is 17.4 Å². The number of fused-ring (bicyclic) bond motifs is 2. The van der Waals surface area contributed by atoms with E-state index >= 15 is 0 Å². The molecule has 1 atom stereocenters. The van der Waals surface area contributed by atoms with E-state index in [0.29, 0.717) is 0 Å². The zero-order valence-electron chi connectivity index (χ0n) is 12.7. The van der Waals surface area contributed by atoms with Gasteiger partial charge >= 0.3 is 0 Å². The van der Waals surface area contributed by atoms with Gasteiger partial charge in [-0.3, -0.25) is 0 Å². The SMILES string of the molecule is C[C@H](CCCCN1c2ccccc2Oc2ccccc21)N=O. The standard InChI is InChI=1S/C18H20N2O2/c1-14(19-21)8-6-7-13-20-15-9-2-4-11-17(15)22-18-12-5-3-10-16(18)20/h2-5,9-12,14H,6-8,13H2,1H3/t14-/m1/s1. The second kappa shape index (κ2) is 6.60. The lowest BCUT2D eigenvalue weighted by Gasteiger charge is -2.32. The quantitative estimate of drug-likeness (QED) is 0.539. The van der Waals surface area contributed by atoms with Crippen molar-refractivity contribution in [2.75, 3.05) is 11.4 Å². The molecule has 0 saturated heterocycles. The number of rotatable bonds is 6. The van der Waals surface area contributed by atoms with Crippen molar-refractivity contribution >= 4 is 11.4 Å². The highest BCUT2D eigenvalue weighted by Gasteiger charge is 2.23. The van der Waals surface area contributed by atoms with Crippen LogP contribution in [0.2, 0.25) is 0 Å². The maximum absolute atomic E-state index is 10.5. The molecule has 0 radical (unpaired) electrons. The zero-order valence-corrected chi connectivity index (χ0v) is 12.7. The van der Waals surface area contributed by atoms with E-state index in [9.17, 15) is 4.91 Å². The van der Waals surface area contributed by atoms with Crippen LogP contribution >= 0.6 is 0 Å². The van der Waals surface area contributed by atoms with Crippen LogP contribution in [-0.4, -0.2) is 12.6 Å². The summed E-state index contributed by atoms with van der Waals surface area (Å²) in [6.45, 7) is 2.77. The van der Waals surface area contributed by atoms with E-state index in [0.717, 1.165) is 48.7 Å². The Bertz CT molecular complexity index is 612. The number of para-hydroxylation sites is 4. The second-order valence-corrected chi connectivity index (χ2v) is 5.64. The molecule has 0 aliphatic carbocycles. The lowest BCUT2D eigenvalue weighted by atomic mass is 10.1. The number of anilines is 2. The Kier molecular flexibility index (Phi) is 4.37. The van der Waals surface area contributed by atoms with Crippen molar-refractivity contribution in [1.82, 2.24) is 0 Å². The van der Waals surface area contributed by atoms with E-state index < -0.39 is 0 Å². The van der Waals surface area contributed by atoms with Gasteiger partial charge in [0.1, 0.15) is 0 Å². The molecule has 114 valence electrons. The molecule has 0 unspecified atom stereocenters. The van der Waals surface area contributed by atoms with Crippen LogP contribution < -0.4 is 9.64 Å². The van der Waals surface area contributed by atoms with Crippen molar-refractivity contribution in [1.29, 1.82) is 0 Å². The number of hydrogen-bond acceptors (Lipinski definition) is 4. The largest absolute Gasteiger partial charge is 0.453 e. The Hall–Kier alpha value is -2.36. The highest BCUT2D eigenvalue weighted by Crippen LogP contribution is 2.46. The van der Waals surface area contributed by atoms with Crippen LogP contribution in [0.25, 0.3) is 0 Å². The molecule has 0 bridgehead atoms. The molecule has 1 aliphatic heterocycles. The van der Waals surface area contributed by atoms with Crippen molar-refractivity contribution in [2.45, 2.75) is 32.2 Å². The van der Waals surface area contributed by atoms with Crippen LogP contribution in [-0.2, 0) is 0 Å². The Morgan fingerprint density at radius 1 is 1.00 bits per heavy atom. The third kappa shape index (κ3) is 2.96. The summed E-state index contributed by atoms with van der Waals surface area (Å²) >= 11 is 0. The fraction of sp³-hybridized carbons (Fsp3) is 0.333. The number of unbranched alkanes of at least 4 members (excludes halogenated alkanes) is 1. The van der Waals surface area contributed by atoms with Gasteiger partial charge in [0.2, 0.25) is 0 Å². The minimum absolute atomic E-state index is 0.0933. The van der Waals surface area contributed by atoms with Gasteiger partial charge in [-0.1, -0.05) is 29.4 Å². The average molecular weight is 296 g/mol. The zero-order chi connectivity index (χ0) is 15.4. The van der Waals surface area contributed by atoms with Crippen LogP contribution in [0.1, 0.15) is 26.2 Å². The van der Waals surface area contributed by atoms with E-state index in [4.69, 9.17) is 4.74 Å². The van der Waals surface area contributed by atoms with Crippen molar-refractivity contribution in [3.63, 3.8) is 0 Å². The summed E-state index contributed by atoms with van der Waals surface area (Å²) in [6, 6.07) is 16.1. The number of hydrogen-bond donors (Lipinski definition) is 0. The average Bonchev–Trinajstić information content (AvgIpc) is 2.57. The third-order valence-electron chi connectivity index (χ3n) is 3.97. The van der Waals surface area contributed by atoms with Gasteiger partial charge in [-0.2, -0.15) is 4.91 Å². The third-order valence-corrected chi connectivity index (χ3v) is 3.97. The van der Waals surface area contributed by atoms with Gasteiger partial charge < -0.3 is 9.64 Å². The molecule has 1 heterocycles. The molecule has 2 aromatic carbocycles. The van der Waals surface area contributed by atoms with Gasteiger partial charge in [0.25, 0.3) is 0 Å². The summed E-state index contributed by atoms with van der Waals surface area (Å²) in [5.74, 6) is 1.79. The highest BCUT2D eigenvalue weighted by atomic mass is 16.5. The van der Waals surface area contributed by atoms with Gasteiger partial charge in [-0.15, -0.1) is 0 Å². The monoisotopic (exact) mass is 296 g/mol. The van der Waals surface area contributed by atoms with E-state index in [1.165, 1.54) is 0 Å². The molecule has 0 spiro atoms. The van der Waals surface area contributed by atoms with Crippen molar-refractivity contribution < 1.29 is 4.74 Å². The molecule has 2 aromatic rings. The first-order chi connectivity index (χ1) is 10.8. The molecule has 0 fully saturated rings. The van der Waals surface area contributed by atoms with Crippen LogP contribution in [0.5, 0.6) is 11.5 Å². The highest BCUT2D eigenvalue weighted by molar-refractivity contribution is 5.77. The summed E-state index contributed by atoms with van der Waals surface area (Å²) in [4.78, 5) is 12.7. The van der Waals surface area contributed by atoms with Gasteiger partial charge in [-0.25, -0.2) is 0 Å². The molecule has 3 rings (SSSR count). The summed E-state index contributed by atoms with van der Waals surface area (Å²) < 4.78 is 5.97. The first-order valence-electron chi connectivity index (χ1n) is 7.75. The minimum Gasteiger partial charge on any atom is -0.453 e. The normalized spacial score (nSPS) is 13.8. The first-order valence-corrected chi connectivity index (χ1v) is 7.75. The smallest absolute Gasteiger partial charge is 0.151 e. The Labute approximate surface area is 130 Å². The lowest BCUT2D eigenvalue weighted by Crippen LogP contribution is -2.22. The van der Waals surface area contributed by atoms with Crippen molar-refractivity contribution in [3.05, 3.63) is 53.4 Å². The molecule has 0 aromatic heterocycles. The molecule has 0 amide bonds. The number of benzene rings is 2. The molecular formula is C18H20N2O2. The molecule has 1 aliphatic rings. The summed E-state index contributed by atoms with van der Waals surface area (Å²) in [6.07, 6.45) is 2.86. The Balaban J connectivity index is 1.76. The number of ether oxygens (including phenoxy) is 1. The number of nitroso groups, excluding NO2 is 1. The van der Waals surface area contributed by atoms with E-state index in [-0.39, 0.29) is 6.04 Å². The maximum atomic E-state index is 10.5. The fourth-order valence-electron chi connectivity index (χ4n) is 2.78. The molecule has 4 heteroatoms. The fourth-order valence-corrected chi connectivity index (χ4v) is 2.78. The molecule has 0 N–H and O–H groups in total. The van der Waals surface area contributed by atoms with Gasteiger partial charge in [0.15, 0.2) is 11.5 Å². The minimum atomic E-state index is -0.0933. The van der Waals surface area contributed by atoms with E-state index in [1.54, 1.807) is 0 Å². The van der Waals surface area contributed by atoms with Crippen LogP contribution in [0, 0.1) is 4.91 Å². The number of nitrogens with zero attached hydrogens (tertiary/aromatic N) is 2. The molecule has 22 heavy (non-hydrogen) atoms. The summed E-state index contributed by atoms with van der Waals surface area (Å²) in [7, 11) is 0. The molecular weight excluding hydrogens is 276 g/mol. The summed E-state index contributed by atoms with van der Waals surface area (Å²) in [5.41, 5.74) is 2.20. The first kappa shape index (κ1) is 14.6. The summed E-state index contributed by atoms with van der Waals surface area (Å²) in [5, 5.41) is 3.06. The van der Waals surface area contributed by atoms with Crippen molar-refractivity contribution in [2.24, 2.45) is 5.18 Å². The second-order valence-electron chi connectivity index (χ2n) is 5.64. The van der Waals surface area contributed by atoms with E-state index in [1.807, 2.05) is 43.3 Å². The Morgan fingerprint density at radius 3 is 2.18 bits per heavy atom. The van der Waals surface area contributed by atoms with Crippen LogP contribution in [0.15, 0.2) is 53.7 Å².